The average Bonchev–Trinajstić information content (AvgIpc) is 2.75. The summed E-state index contributed by atoms with van der Waals surface area (Å²) >= 11 is 0. The van der Waals surface area contributed by atoms with Crippen molar-refractivity contribution in [1.29, 1.82) is 0 Å². The van der Waals surface area contributed by atoms with Crippen molar-refractivity contribution in [3.8, 4) is 5.75 Å². The number of anilines is 1. The van der Waals surface area contributed by atoms with E-state index in [9.17, 15) is 4.79 Å². The number of nitrogens with zero attached hydrogens (tertiary/aromatic N) is 1. The minimum Gasteiger partial charge on any atom is -0.496 e. The van der Waals surface area contributed by atoms with E-state index in [-0.39, 0.29) is 5.91 Å². The molecule has 0 atom stereocenters. The normalized spacial score (nSPS) is 13.5. The highest BCUT2D eigenvalue weighted by molar-refractivity contribution is 5.94. The predicted molar refractivity (Wildman–Crippen MR) is 113 cm³/mol. The number of nitrogens with one attached hydrogen (secondary N) is 2. The lowest BCUT2D eigenvalue weighted by Gasteiger charge is -2.13. The lowest BCUT2D eigenvalue weighted by molar-refractivity contribution is 0.0954. The smallest absolute Gasteiger partial charge is 0.251 e. The summed E-state index contributed by atoms with van der Waals surface area (Å²) in [5, 5.41) is 6.31. The van der Waals surface area contributed by atoms with E-state index in [0.717, 1.165) is 36.5 Å². The predicted octanol–water partition coefficient (Wildman–Crippen LogP) is 4.37. The number of carbonyl (C=O) groups is 1. The first-order valence-corrected chi connectivity index (χ1v) is 10.0. The molecule has 0 radical (unpaired) electrons. The third kappa shape index (κ3) is 5.84. The number of hydrogen-bond donors (Lipinski definition) is 2. The van der Waals surface area contributed by atoms with Gasteiger partial charge in [0.1, 0.15) is 11.6 Å². The molecule has 5 nitrogen and oxygen atoms in total. The number of pyridine rings is 1. The van der Waals surface area contributed by atoms with Crippen LogP contribution < -0.4 is 15.4 Å². The standard InChI is InChI=1S/C23H29N3O2/c1-28-21-10-6-5-9-19(21)12-16-26-23(27)20-13-15-25-22(17-20)24-14-11-18-7-3-2-4-8-18/h5-7,9-10,13,15,17H,2-4,8,11-12,14,16H2,1H3,(H,24,25)(H,26,27). The van der Waals surface area contributed by atoms with E-state index in [0.29, 0.717) is 12.1 Å². The van der Waals surface area contributed by atoms with E-state index in [4.69, 9.17) is 4.74 Å². The first kappa shape index (κ1) is 19.9. The van der Waals surface area contributed by atoms with Crippen molar-refractivity contribution in [1.82, 2.24) is 10.3 Å². The Kier molecular flexibility index (Phi) is 7.47. The maximum atomic E-state index is 12.5. The summed E-state index contributed by atoms with van der Waals surface area (Å²) in [6, 6.07) is 11.4. The van der Waals surface area contributed by atoms with Crippen LogP contribution >= 0.6 is 0 Å². The largest absolute Gasteiger partial charge is 0.496 e. The summed E-state index contributed by atoms with van der Waals surface area (Å²) in [6.45, 7) is 1.40. The molecule has 148 valence electrons. The lowest BCUT2D eigenvalue weighted by atomic mass is 9.97. The van der Waals surface area contributed by atoms with E-state index in [1.807, 2.05) is 30.3 Å². The van der Waals surface area contributed by atoms with Crippen molar-refractivity contribution in [2.75, 3.05) is 25.5 Å². The number of hydrogen-bond acceptors (Lipinski definition) is 4. The highest BCUT2D eigenvalue weighted by atomic mass is 16.5. The SMILES string of the molecule is COc1ccccc1CCNC(=O)c1ccnc(NCCC2=CCCCC2)c1. The molecule has 5 heteroatoms. The van der Waals surface area contributed by atoms with Gasteiger partial charge < -0.3 is 15.4 Å². The summed E-state index contributed by atoms with van der Waals surface area (Å²) in [7, 11) is 1.66. The minimum absolute atomic E-state index is 0.0877. The zero-order valence-corrected chi connectivity index (χ0v) is 16.5. The van der Waals surface area contributed by atoms with Gasteiger partial charge in [0.2, 0.25) is 0 Å². The summed E-state index contributed by atoms with van der Waals surface area (Å²) in [6.07, 6.45) is 10.8. The van der Waals surface area contributed by atoms with E-state index in [1.54, 1.807) is 19.4 Å². The fourth-order valence-corrected chi connectivity index (χ4v) is 3.47. The van der Waals surface area contributed by atoms with Crippen LogP contribution in [0.4, 0.5) is 5.82 Å². The molecule has 2 N–H and O–H groups in total. The van der Waals surface area contributed by atoms with Gasteiger partial charge in [-0.3, -0.25) is 4.79 Å². The number of allylic oxidation sites excluding steroid dienone is 1. The number of amides is 1. The quantitative estimate of drug-likeness (QED) is 0.635. The molecular weight excluding hydrogens is 350 g/mol. The first-order valence-electron chi connectivity index (χ1n) is 10.0. The highest BCUT2D eigenvalue weighted by Crippen LogP contribution is 2.20. The molecule has 0 fully saturated rings. The van der Waals surface area contributed by atoms with Gasteiger partial charge in [-0.15, -0.1) is 0 Å². The lowest BCUT2D eigenvalue weighted by Crippen LogP contribution is -2.26. The molecule has 0 saturated carbocycles. The number of rotatable bonds is 9. The van der Waals surface area contributed by atoms with E-state index in [2.05, 4.69) is 21.7 Å². The molecule has 1 aliphatic carbocycles. The van der Waals surface area contributed by atoms with Gasteiger partial charge >= 0.3 is 0 Å². The molecular formula is C23H29N3O2. The van der Waals surface area contributed by atoms with Gasteiger partial charge in [-0.1, -0.05) is 29.8 Å². The van der Waals surface area contributed by atoms with Crippen LogP contribution in [0.2, 0.25) is 0 Å². The van der Waals surface area contributed by atoms with Crippen molar-refractivity contribution in [3.05, 3.63) is 65.4 Å². The Bertz CT molecular complexity index is 817. The Labute approximate surface area is 167 Å². The molecule has 0 bridgehead atoms. The summed E-state index contributed by atoms with van der Waals surface area (Å²) in [5.41, 5.74) is 3.23. The number of methoxy groups -OCH3 is 1. The fraction of sp³-hybridized carbons (Fsp3) is 0.391. The van der Waals surface area contributed by atoms with Crippen molar-refractivity contribution < 1.29 is 9.53 Å². The van der Waals surface area contributed by atoms with Crippen LogP contribution in [-0.2, 0) is 6.42 Å². The maximum absolute atomic E-state index is 12.5. The van der Waals surface area contributed by atoms with Crippen LogP contribution in [0.3, 0.4) is 0 Å². The van der Waals surface area contributed by atoms with Crippen LogP contribution in [0.5, 0.6) is 5.75 Å². The van der Waals surface area contributed by atoms with Crippen LogP contribution in [0.25, 0.3) is 0 Å². The second-order valence-electron chi connectivity index (χ2n) is 7.03. The second-order valence-corrected chi connectivity index (χ2v) is 7.03. The molecule has 0 saturated heterocycles. The molecule has 28 heavy (non-hydrogen) atoms. The van der Waals surface area contributed by atoms with E-state index in [1.165, 1.54) is 31.3 Å². The molecule has 1 aliphatic rings. The molecule has 1 aromatic carbocycles. The Morgan fingerprint density at radius 2 is 2.04 bits per heavy atom. The monoisotopic (exact) mass is 379 g/mol. The van der Waals surface area contributed by atoms with E-state index >= 15 is 0 Å². The summed E-state index contributed by atoms with van der Waals surface area (Å²) in [5.74, 6) is 1.50. The Balaban J connectivity index is 1.47. The van der Waals surface area contributed by atoms with Crippen molar-refractivity contribution in [2.45, 2.75) is 38.5 Å². The summed E-state index contributed by atoms with van der Waals surface area (Å²) in [4.78, 5) is 16.8. The van der Waals surface area contributed by atoms with Gasteiger partial charge in [-0.05, 0) is 62.3 Å². The Morgan fingerprint density at radius 1 is 1.14 bits per heavy atom. The van der Waals surface area contributed by atoms with Crippen molar-refractivity contribution in [3.63, 3.8) is 0 Å². The zero-order chi connectivity index (χ0) is 19.6. The molecule has 1 heterocycles. The molecule has 1 amide bonds. The number of carbonyl (C=O) groups excluding carboxylic acids is 1. The maximum Gasteiger partial charge on any atom is 0.251 e. The van der Waals surface area contributed by atoms with Crippen LogP contribution in [0.15, 0.2) is 54.2 Å². The average molecular weight is 380 g/mol. The van der Waals surface area contributed by atoms with Gasteiger partial charge in [-0.2, -0.15) is 0 Å². The second kappa shape index (κ2) is 10.5. The minimum atomic E-state index is -0.0877. The molecule has 2 aromatic rings. The van der Waals surface area contributed by atoms with Gasteiger partial charge in [0, 0.05) is 24.8 Å². The Hall–Kier alpha value is -2.82. The van der Waals surface area contributed by atoms with Gasteiger partial charge in [0.25, 0.3) is 5.91 Å². The topological polar surface area (TPSA) is 63.2 Å². The highest BCUT2D eigenvalue weighted by Gasteiger charge is 2.08. The van der Waals surface area contributed by atoms with Crippen LogP contribution in [-0.4, -0.2) is 31.1 Å². The zero-order valence-electron chi connectivity index (χ0n) is 16.5. The van der Waals surface area contributed by atoms with Gasteiger partial charge in [0.15, 0.2) is 0 Å². The summed E-state index contributed by atoms with van der Waals surface area (Å²) < 4.78 is 5.35. The Morgan fingerprint density at radius 3 is 2.86 bits per heavy atom. The number of para-hydroxylation sites is 1. The van der Waals surface area contributed by atoms with E-state index < -0.39 is 0 Å². The number of benzene rings is 1. The number of aromatic nitrogens is 1. The first-order chi connectivity index (χ1) is 13.8. The molecule has 0 aliphatic heterocycles. The number of ether oxygens (including phenoxy) is 1. The molecule has 1 aromatic heterocycles. The van der Waals surface area contributed by atoms with Gasteiger partial charge in [0.05, 0.1) is 7.11 Å². The van der Waals surface area contributed by atoms with Crippen LogP contribution in [0, 0.1) is 0 Å². The van der Waals surface area contributed by atoms with Gasteiger partial charge in [-0.25, -0.2) is 4.98 Å². The molecule has 0 unspecified atom stereocenters. The van der Waals surface area contributed by atoms with Crippen LogP contribution in [0.1, 0.15) is 48.0 Å². The third-order valence-corrected chi connectivity index (χ3v) is 5.03. The molecule has 3 rings (SSSR count). The van der Waals surface area contributed by atoms with Crippen molar-refractivity contribution >= 4 is 11.7 Å². The third-order valence-electron chi connectivity index (χ3n) is 5.03. The fourth-order valence-electron chi connectivity index (χ4n) is 3.47. The van der Waals surface area contributed by atoms with Crippen molar-refractivity contribution in [2.24, 2.45) is 0 Å². The molecule has 0 spiro atoms.